The minimum atomic E-state index is -0.382. The smallest absolute Gasteiger partial charge is 0.0745 e. The van der Waals surface area contributed by atoms with Crippen LogP contribution in [0, 0.1) is 17.3 Å². The zero-order chi connectivity index (χ0) is 16.6. The van der Waals surface area contributed by atoms with Gasteiger partial charge in [0.15, 0.2) is 0 Å². The van der Waals surface area contributed by atoms with Gasteiger partial charge in [-0.1, -0.05) is 30.3 Å². The predicted molar refractivity (Wildman–Crippen MR) is 89.8 cm³/mol. The van der Waals surface area contributed by atoms with E-state index >= 15 is 0 Å². The fraction of sp³-hybridized carbons (Fsp3) is 0.684. The largest absolute Gasteiger partial charge is 0.396 e. The molecule has 1 aromatic rings. The summed E-state index contributed by atoms with van der Waals surface area (Å²) in [5.41, 5.74) is 1.04. The molecule has 1 saturated carbocycles. The molecule has 2 heterocycles. The lowest BCUT2D eigenvalue weighted by molar-refractivity contribution is 0.101. The van der Waals surface area contributed by atoms with Crippen LogP contribution in [0.1, 0.15) is 11.5 Å². The second-order valence-corrected chi connectivity index (χ2v) is 7.52. The molecule has 4 atom stereocenters. The normalized spacial score (nSPS) is 37.7. The number of likely N-dealkylation sites (tertiary alicyclic amines) is 1. The molecule has 1 aromatic carbocycles. The average molecular weight is 333 g/mol. The Morgan fingerprint density at radius 3 is 2.50 bits per heavy atom. The molecule has 0 bridgehead atoms. The molecule has 24 heavy (non-hydrogen) atoms. The molecule has 132 valence electrons. The van der Waals surface area contributed by atoms with Crippen LogP contribution in [0.15, 0.2) is 30.3 Å². The monoisotopic (exact) mass is 333 g/mol. The van der Waals surface area contributed by atoms with E-state index in [1.807, 2.05) is 18.2 Å². The zero-order valence-electron chi connectivity index (χ0n) is 14.0. The summed E-state index contributed by atoms with van der Waals surface area (Å²) in [5, 5.41) is 20.6. The highest BCUT2D eigenvalue weighted by Crippen LogP contribution is 2.68. The molecule has 3 fully saturated rings. The van der Waals surface area contributed by atoms with Crippen molar-refractivity contribution in [3.05, 3.63) is 35.9 Å². The Bertz CT molecular complexity index is 546. The summed E-state index contributed by atoms with van der Waals surface area (Å²) in [6.07, 6.45) is -0.382. The lowest BCUT2D eigenvalue weighted by Gasteiger charge is -2.22. The van der Waals surface area contributed by atoms with Gasteiger partial charge in [-0.05, 0) is 17.4 Å². The van der Waals surface area contributed by atoms with E-state index in [0.717, 1.165) is 26.3 Å². The first kappa shape index (κ1) is 16.5. The Morgan fingerprint density at radius 1 is 1.12 bits per heavy atom. The van der Waals surface area contributed by atoms with Crippen molar-refractivity contribution in [1.29, 1.82) is 0 Å². The highest BCUT2D eigenvalue weighted by molar-refractivity contribution is 5.36. The fourth-order valence-electron chi connectivity index (χ4n) is 4.94. The lowest BCUT2D eigenvalue weighted by Crippen LogP contribution is -2.32. The van der Waals surface area contributed by atoms with Crippen molar-refractivity contribution >= 4 is 0 Å². The van der Waals surface area contributed by atoms with Gasteiger partial charge in [-0.2, -0.15) is 0 Å². The third-order valence-corrected chi connectivity index (χ3v) is 6.06. The van der Waals surface area contributed by atoms with Gasteiger partial charge in [0, 0.05) is 37.6 Å². The van der Waals surface area contributed by atoms with Crippen molar-refractivity contribution in [2.75, 3.05) is 52.7 Å². The van der Waals surface area contributed by atoms with Crippen LogP contribution in [0.25, 0.3) is 0 Å². The topological polar surface area (TPSA) is 62.2 Å². The minimum absolute atomic E-state index is 0.139. The van der Waals surface area contributed by atoms with Crippen molar-refractivity contribution in [2.24, 2.45) is 17.3 Å². The molecular weight excluding hydrogens is 306 g/mol. The van der Waals surface area contributed by atoms with Crippen molar-refractivity contribution in [3.63, 3.8) is 0 Å². The standard InChI is InChI=1S/C19H27NO4/c21-10-16-18(15-4-2-1-3-5-15)19(16)13-20(9-17(19)22)8-14-11-23-6-7-24-12-14/h1-5,14,16-18,21-22H,6-13H2/t16-,17+,18-,19-/m1/s1. The van der Waals surface area contributed by atoms with E-state index in [-0.39, 0.29) is 30.0 Å². The number of benzene rings is 1. The summed E-state index contributed by atoms with van der Waals surface area (Å²) in [4.78, 5) is 2.33. The van der Waals surface area contributed by atoms with Gasteiger partial charge in [0.05, 0.1) is 32.5 Å². The van der Waals surface area contributed by atoms with E-state index in [0.29, 0.717) is 25.7 Å². The van der Waals surface area contributed by atoms with E-state index in [4.69, 9.17) is 9.47 Å². The Kier molecular flexibility index (Phi) is 4.62. The summed E-state index contributed by atoms with van der Waals surface area (Å²) in [6.45, 7) is 5.35. The van der Waals surface area contributed by atoms with E-state index < -0.39 is 0 Å². The van der Waals surface area contributed by atoms with Crippen molar-refractivity contribution in [3.8, 4) is 0 Å². The first-order valence-electron chi connectivity index (χ1n) is 8.97. The van der Waals surface area contributed by atoms with Crippen molar-refractivity contribution in [1.82, 2.24) is 4.90 Å². The van der Waals surface area contributed by atoms with Crippen molar-refractivity contribution in [2.45, 2.75) is 12.0 Å². The van der Waals surface area contributed by atoms with Crippen LogP contribution in [-0.2, 0) is 9.47 Å². The van der Waals surface area contributed by atoms with Gasteiger partial charge in [-0.25, -0.2) is 0 Å². The van der Waals surface area contributed by atoms with E-state index in [1.165, 1.54) is 5.56 Å². The van der Waals surface area contributed by atoms with Crippen LogP contribution in [0.4, 0.5) is 0 Å². The fourth-order valence-corrected chi connectivity index (χ4v) is 4.94. The Balaban J connectivity index is 1.46. The Morgan fingerprint density at radius 2 is 1.83 bits per heavy atom. The van der Waals surface area contributed by atoms with Crippen LogP contribution in [-0.4, -0.2) is 73.9 Å². The molecule has 0 unspecified atom stereocenters. The molecule has 5 heteroatoms. The second kappa shape index (κ2) is 6.73. The molecule has 0 aromatic heterocycles. The van der Waals surface area contributed by atoms with Crippen LogP contribution in [0.2, 0.25) is 0 Å². The number of aliphatic hydroxyl groups is 2. The number of rotatable bonds is 4. The summed E-state index contributed by atoms with van der Waals surface area (Å²) in [5.74, 6) is 0.767. The van der Waals surface area contributed by atoms with E-state index in [1.54, 1.807) is 0 Å². The SMILES string of the molecule is OC[C@@H]1[C@@H](c2ccccc2)[C@]12CN(CC1COCCOC1)C[C@@H]2O. The van der Waals surface area contributed by atoms with Gasteiger partial charge in [-0.3, -0.25) is 4.90 Å². The molecule has 3 aliphatic rings. The van der Waals surface area contributed by atoms with Gasteiger partial charge in [0.25, 0.3) is 0 Å². The molecule has 2 N–H and O–H groups in total. The first-order chi connectivity index (χ1) is 11.8. The zero-order valence-corrected chi connectivity index (χ0v) is 14.0. The van der Waals surface area contributed by atoms with E-state index in [2.05, 4.69) is 17.0 Å². The van der Waals surface area contributed by atoms with Gasteiger partial charge in [-0.15, -0.1) is 0 Å². The summed E-state index contributed by atoms with van der Waals surface area (Å²) >= 11 is 0. The predicted octanol–water partition coefficient (Wildman–Crippen LogP) is 0.718. The Hall–Kier alpha value is -0.980. The number of ether oxygens (including phenoxy) is 2. The van der Waals surface area contributed by atoms with Crippen LogP contribution >= 0.6 is 0 Å². The number of hydrogen-bond acceptors (Lipinski definition) is 5. The second-order valence-electron chi connectivity index (χ2n) is 7.52. The summed E-state index contributed by atoms with van der Waals surface area (Å²) in [6, 6.07) is 10.3. The minimum Gasteiger partial charge on any atom is -0.396 e. The van der Waals surface area contributed by atoms with Crippen LogP contribution in [0.3, 0.4) is 0 Å². The van der Waals surface area contributed by atoms with Gasteiger partial charge < -0.3 is 19.7 Å². The maximum Gasteiger partial charge on any atom is 0.0745 e. The highest BCUT2D eigenvalue weighted by atomic mass is 16.5. The highest BCUT2D eigenvalue weighted by Gasteiger charge is 2.70. The average Bonchev–Trinajstić information content (AvgIpc) is 3.23. The third kappa shape index (κ3) is 2.78. The number of β-amino-alcohol motifs (C(OH)–C–C–N with tert-alkyl or cyclic N) is 1. The molecule has 1 spiro atoms. The lowest BCUT2D eigenvalue weighted by atomic mass is 9.95. The van der Waals surface area contributed by atoms with Gasteiger partial charge in [0.2, 0.25) is 0 Å². The first-order valence-corrected chi connectivity index (χ1v) is 8.97. The number of aliphatic hydroxyl groups excluding tert-OH is 2. The van der Waals surface area contributed by atoms with Crippen LogP contribution in [0.5, 0.6) is 0 Å². The molecule has 0 amide bonds. The van der Waals surface area contributed by atoms with Gasteiger partial charge in [0.1, 0.15) is 0 Å². The maximum atomic E-state index is 10.8. The molecule has 2 aliphatic heterocycles. The molecule has 4 rings (SSSR count). The van der Waals surface area contributed by atoms with Gasteiger partial charge >= 0.3 is 0 Å². The molecule has 1 aliphatic carbocycles. The number of nitrogens with zero attached hydrogens (tertiary/aromatic N) is 1. The molecule has 5 nitrogen and oxygen atoms in total. The Labute approximate surface area is 143 Å². The molecule has 2 saturated heterocycles. The molecular formula is C19H27NO4. The van der Waals surface area contributed by atoms with Crippen molar-refractivity contribution < 1.29 is 19.7 Å². The van der Waals surface area contributed by atoms with Crippen LogP contribution < -0.4 is 0 Å². The summed E-state index contributed by atoms with van der Waals surface area (Å²) in [7, 11) is 0. The third-order valence-electron chi connectivity index (χ3n) is 6.06. The quantitative estimate of drug-likeness (QED) is 0.850. The maximum absolute atomic E-state index is 10.8. The number of hydrogen-bond donors (Lipinski definition) is 2. The summed E-state index contributed by atoms with van der Waals surface area (Å²) < 4.78 is 11.2. The van der Waals surface area contributed by atoms with E-state index in [9.17, 15) is 10.2 Å². The molecule has 0 radical (unpaired) electrons.